The van der Waals surface area contributed by atoms with Gasteiger partial charge in [-0.2, -0.15) is 11.8 Å². The first-order valence-corrected chi connectivity index (χ1v) is 13.7. The highest BCUT2D eigenvalue weighted by Gasteiger charge is 2.06. The zero-order valence-electron chi connectivity index (χ0n) is 19.7. The molecule has 1 aliphatic heterocycles. The molecule has 0 bridgehead atoms. The first-order chi connectivity index (χ1) is 13.8. The van der Waals surface area contributed by atoms with E-state index in [-0.39, 0.29) is 24.0 Å². The summed E-state index contributed by atoms with van der Waals surface area (Å²) in [7, 11) is 2.14. The first kappa shape index (κ1) is 29.4. The van der Waals surface area contributed by atoms with Gasteiger partial charge in [0.15, 0.2) is 0 Å². The van der Waals surface area contributed by atoms with Gasteiger partial charge in [0.2, 0.25) is 0 Å². The molecule has 4 heteroatoms. The van der Waals surface area contributed by atoms with E-state index in [0.29, 0.717) is 0 Å². The van der Waals surface area contributed by atoms with Gasteiger partial charge in [0, 0.05) is 26.0 Å². The molecule has 0 radical (unpaired) electrons. The fraction of sp³-hybridized carbons (Fsp3) is 0.920. The molecule has 29 heavy (non-hydrogen) atoms. The number of hydrogen-bond acceptors (Lipinski definition) is 3. The molecule has 0 amide bonds. The molecule has 0 saturated heterocycles. The highest BCUT2D eigenvalue weighted by Crippen LogP contribution is 2.15. The Bertz CT molecular complexity index is 352. The van der Waals surface area contributed by atoms with Crippen molar-refractivity contribution in [3.8, 4) is 0 Å². The Morgan fingerprint density at radius 1 is 0.621 bits per heavy atom. The first-order valence-electron chi connectivity index (χ1n) is 12.5. The topological polar surface area (TPSA) is 6.48 Å². The van der Waals surface area contributed by atoms with Gasteiger partial charge in [0.25, 0.3) is 0 Å². The van der Waals surface area contributed by atoms with E-state index in [1.165, 1.54) is 127 Å². The minimum Gasteiger partial charge on any atom is -0.362 e. The summed E-state index contributed by atoms with van der Waals surface area (Å²) < 4.78 is 0. The third kappa shape index (κ3) is 20.1. The predicted molar refractivity (Wildman–Crippen MR) is 145 cm³/mol. The van der Waals surface area contributed by atoms with Crippen molar-refractivity contribution in [1.29, 1.82) is 0 Å². The molecule has 0 N–H and O–H groups in total. The van der Waals surface area contributed by atoms with Crippen LogP contribution in [0.5, 0.6) is 0 Å². The summed E-state index contributed by atoms with van der Waals surface area (Å²) in [4.78, 5) is 4.65. The Kier molecular flexibility index (Phi) is 23.4. The zero-order valence-corrected chi connectivity index (χ0v) is 22.9. The minimum atomic E-state index is 0. The summed E-state index contributed by atoms with van der Waals surface area (Å²) in [5.74, 6) is 2.70. The molecule has 0 atom stereocenters. The average Bonchev–Trinajstić information content (AvgIpc) is 3.11. The molecule has 2 nitrogen and oxygen atoms in total. The lowest BCUT2D eigenvalue weighted by molar-refractivity contribution is 0.298. The van der Waals surface area contributed by atoms with Crippen LogP contribution in [-0.4, -0.2) is 41.6 Å². The number of unbranched alkanes of at least 4 members (excludes halogenated alkanes) is 15. The zero-order chi connectivity index (χ0) is 20.1. The van der Waals surface area contributed by atoms with Crippen LogP contribution in [0.25, 0.3) is 0 Å². The van der Waals surface area contributed by atoms with Gasteiger partial charge in [0.05, 0.1) is 6.67 Å². The van der Waals surface area contributed by atoms with Crippen LogP contribution in [-0.2, 0) is 0 Å². The monoisotopic (exact) mass is 538 g/mol. The Morgan fingerprint density at radius 2 is 1.07 bits per heavy atom. The van der Waals surface area contributed by atoms with Crippen molar-refractivity contribution < 1.29 is 0 Å². The molecule has 0 aromatic carbocycles. The van der Waals surface area contributed by atoms with Crippen LogP contribution >= 0.6 is 35.7 Å². The van der Waals surface area contributed by atoms with E-state index in [1.807, 2.05) is 0 Å². The van der Waals surface area contributed by atoms with Gasteiger partial charge in [0.1, 0.15) is 0 Å². The average molecular weight is 539 g/mol. The van der Waals surface area contributed by atoms with E-state index in [4.69, 9.17) is 0 Å². The highest BCUT2D eigenvalue weighted by atomic mass is 127. The standard InChI is InChI=1S/C25H50N2S.HI/c1-3-4-5-6-7-8-9-10-11-12-13-14-15-16-17-18-23-28-24-19-20-27-22-21-26(2)25-27;/h21-22H,3-20,23-25H2,1-2H3;1H. The van der Waals surface area contributed by atoms with Crippen LogP contribution < -0.4 is 0 Å². The quantitative estimate of drug-likeness (QED) is 0.107. The fourth-order valence-corrected chi connectivity index (χ4v) is 4.90. The van der Waals surface area contributed by atoms with Crippen molar-refractivity contribution in [3.05, 3.63) is 12.4 Å². The van der Waals surface area contributed by atoms with Gasteiger partial charge >= 0.3 is 0 Å². The maximum absolute atomic E-state index is 2.41. The van der Waals surface area contributed by atoms with Crippen molar-refractivity contribution in [2.75, 3.05) is 31.8 Å². The summed E-state index contributed by atoms with van der Waals surface area (Å²) in [6.45, 7) is 4.59. The molecule has 0 spiro atoms. The second-order valence-corrected chi connectivity index (χ2v) is 10.0. The van der Waals surface area contributed by atoms with Gasteiger partial charge in [-0.1, -0.05) is 103 Å². The molecule has 1 aliphatic rings. The molecule has 0 aromatic rings. The Labute approximate surface area is 205 Å². The summed E-state index contributed by atoms with van der Waals surface area (Å²) in [5.41, 5.74) is 0. The smallest absolute Gasteiger partial charge is 0.0890 e. The lowest BCUT2D eigenvalue weighted by Crippen LogP contribution is -2.23. The molecular formula is C25H51IN2S. The molecule has 1 heterocycles. The van der Waals surface area contributed by atoms with Crippen LogP contribution in [0.2, 0.25) is 0 Å². The van der Waals surface area contributed by atoms with Crippen LogP contribution in [0.3, 0.4) is 0 Å². The highest BCUT2D eigenvalue weighted by molar-refractivity contribution is 14.0. The maximum Gasteiger partial charge on any atom is 0.0890 e. The molecule has 0 aliphatic carbocycles. The number of hydrogen-bond donors (Lipinski definition) is 0. The summed E-state index contributed by atoms with van der Waals surface area (Å²) in [6.07, 6.45) is 29.1. The molecular weight excluding hydrogens is 487 g/mol. The van der Waals surface area contributed by atoms with Crippen molar-refractivity contribution in [2.24, 2.45) is 0 Å². The third-order valence-electron chi connectivity index (χ3n) is 5.81. The Morgan fingerprint density at radius 3 is 1.52 bits per heavy atom. The number of halogens is 1. The largest absolute Gasteiger partial charge is 0.362 e. The Hall–Kier alpha value is 0.420. The van der Waals surface area contributed by atoms with Crippen LogP contribution in [0.1, 0.15) is 116 Å². The van der Waals surface area contributed by atoms with Crippen molar-refractivity contribution in [1.82, 2.24) is 9.80 Å². The fourth-order valence-electron chi connectivity index (χ4n) is 3.96. The van der Waals surface area contributed by atoms with E-state index >= 15 is 0 Å². The SMILES string of the molecule is CCCCCCCCCCCCCCCCCCSCCCN1C=CN(C)C1.I. The number of thioether (sulfide) groups is 1. The second-order valence-electron chi connectivity index (χ2n) is 8.78. The van der Waals surface area contributed by atoms with Crippen molar-refractivity contribution in [3.63, 3.8) is 0 Å². The predicted octanol–water partition coefficient (Wildman–Crippen LogP) is 8.67. The van der Waals surface area contributed by atoms with Gasteiger partial charge < -0.3 is 9.80 Å². The van der Waals surface area contributed by atoms with Crippen molar-refractivity contribution >= 4 is 35.7 Å². The van der Waals surface area contributed by atoms with Crippen LogP contribution in [0.4, 0.5) is 0 Å². The van der Waals surface area contributed by atoms with Gasteiger partial charge in [-0.05, 0) is 24.3 Å². The molecule has 0 saturated carbocycles. The molecule has 0 aromatic heterocycles. The summed E-state index contributed by atoms with van der Waals surface area (Å²) in [5, 5.41) is 0. The normalized spacial score (nSPS) is 13.3. The summed E-state index contributed by atoms with van der Waals surface area (Å²) in [6, 6.07) is 0. The molecule has 1 rings (SSSR count). The maximum atomic E-state index is 2.41. The van der Waals surface area contributed by atoms with Crippen LogP contribution in [0, 0.1) is 0 Å². The molecule has 174 valence electrons. The summed E-state index contributed by atoms with van der Waals surface area (Å²) >= 11 is 2.16. The van der Waals surface area contributed by atoms with E-state index < -0.39 is 0 Å². The van der Waals surface area contributed by atoms with E-state index in [1.54, 1.807) is 0 Å². The van der Waals surface area contributed by atoms with Crippen molar-refractivity contribution in [2.45, 2.75) is 116 Å². The van der Waals surface area contributed by atoms with Crippen LogP contribution in [0.15, 0.2) is 12.4 Å². The van der Waals surface area contributed by atoms with E-state index in [9.17, 15) is 0 Å². The van der Waals surface area contributed by atoms with Gasteiger partial charge in [-0.3, -0.25) is 0 Å². The molecule has 0 unspecified atom stereocenters. The van der Waals surface area contributed by atoms with Gasteiger partial charge in [-0.25, -0.2) is 0 Å². The van der Waals surface area contributed by atoms with Gasteiger partial charge in [-0.15, -0.1) is 24.0 Å². The number of nitrogens with zero attached hydrogens (tertiary/aromatic N) is 2. The van der Waals surface area contributed by atoms with E-state index in [0.717, 1.165) is 6.67 Å². The number of rotatable bonds is 21. The lowest BCUT2D eigenvalue weighted by Gasteiger charge is -2.17. The third-order valence-corrected chi connectivity index (χ3v) is 6.97. The second kappa shape index (κ2) is 23.1. The van der Waals surface area contributed by atoms with E-state index in [2.05, 4.69) is 47.9 Å². The minimum absolute atomic E-state index is 0. The molecule has 0 fully saturated rings. The Balaban J connectivity index is 0.00000784. The lowest BCUT2D eigenvalue weighted by atomic mass is 10.0.